The number of benzene rings is 3. The predicted molar refractivity (Wildman–Crippen MR) is 104 cm³/mol. The lowest BCUT2D eigenvalue weighted by molar-refractivity contribution is -0.116. The molecule has 0 bridgehead atoms. The number of amides is 1. The zero-order chi connectivity index (χ0) is 17.6. The van der Waals surface area contributed by atoms with Gasteiger partial charge in [-0.3, -0.25) is 4.79 Å². The Balaban J connectivity index is 1.91. The Morgan fingerprint density at radius 1 is 0.800 bits per heavy atom. The molecule has 0 saturated carbocycles. The second kappa shape index (κ2) is 7.67. The summed E-state index contributed by atoms with van der Waals surface area (Å²) >= 11 is 0. The lowest BCUT2D eigenvalue weighted by atomic mass is 9.90. The number of nitrogens with zero attached hydrogens (tertiary/aromatic N) is 1. The molecule has 126 valence electrons. The molecule has 25 heavy (non-hydrogen) atoms. The quantitative estimate of drug-likeness (QED) is 0.746. The highest BCUT2D eigenvalue weighted by molar-refractivity contribution is 5.98. The minimum absolute atomic E-state index is 0.0340. The van der Waals surface area contributed by atoms with E-state index < -0.39 is 0 Å². The van der Waals surface area contributed by atoms with Crippen molar-refractivity contribution in [3.8, 4) is 0 Å². The van der Waals surface area contributed by atoms with Gasteiger partial charge in [-0.2, -0.15) is 0 Å². The van der Waals surface area contributed by atoms with E-state index >= 15 is 0 Å². The summed E-state index contributed by atoms with van der Waals surface area (Å²) in [6.07, 6.45) is 0. The molecule has 0 atom stereocenters. The third-order valence-electron chi connectivity index (χ3n) is 4.16. The van der Waals surface area contributed by atoms with Crippen molar-refractivity contribution in [2.75, 3.05) is 24.3 Å². The lowest BCUT2D eigenvalue weighted by Gasteiger charge is -2.19. The average molecular weight is 330 g/mol. The van der Waals surface area contributed by atoms with E-state index in [0.29, 0.717) is 0 Å². The van der Waals surface area contributed by atoms with Crippen LogP contribution in [-0.4, -0.2) is 20.0 Å². The molecule has 0 aliphatic rings. The van der Waals surface area contributed by atoms with E-state index in [2.05, 4.69) is 5.32 Å². The van der Waals surface area contributed by atoms with Gasteiger partial charge in [0.1, 0.15) is 0 Å². The van der Waals surface area contributed by atoms with Gasteiger partial charge in [0, 0.05) is 25.5 Å². The molecule has 3 aromatic rings. The van der Waals surface area contributed by atoms with E-state index in [1.54, 1.807) is 0 Å². The number of hydrogen-bond donors (Lipinski definition) is 1. The molecule has 1 amide bonds. The Kier molecular flexibility index (Phi) is 5.14. The average Bonchev–Trinajstić information content (AvgIpc) is 2.64. The van der Waals surface area contributed by atoms with Crippen molar-refractivity contribution < 1.29 is 4.79 Å². The summed E-state index contributed by atoms with van der Waals surface area (Å²) in [5.41, 5.74) is 3.81. The van der Waals surface area contributed by atoms with E-state index in [1.807, 2.05) is 104 Å². The van der Waals surface area contributed by atoms with Crippen LogP contribution >= 0.6 is 0 Å². The second-order valence-electron chi connectivity index (χ2n) is 6.19. The number of hydrogen-bond acceptors (Lipinski definition) is 2. The van der Waals surface area contributed by atoms with Crippen molar-refractivity contribution in [2.45, 2.75) is 5.92 Å². The molecule has 0 aromatic heterocycles. The third-order valence-corrected chi connectivity index (χ3v) is 4.16. The largest absolute Gasteiger partial charge is 0.378 e. The Hall–Kier alpha value is -3.07. The molecule has 0 saturated heterocycles. The monoisotopic (exact) mass is 330 g/mol. The molecule has 0 heterocycles. The smallest absolute Gasteiger partial charge is 0.236 e. The van der Waals surface area contributed by atoms with Crippen LogP contribution in [0.1, 0.15) is 17.0 Å². The van der Waals surface area contributed by atoms with Gasteiger partial charge in [-0.1, -0.05) is 66.7 Å². The van der Waals surface area contributed by atoms with Crippen molar-refractivity contribution in [3.63, 3.8) is 0 Å². The van der Waals surface area contributed by atoms with Gasteiger partial charge in [-0.05, 0) is 29.3 Å². The predicted octanol–water partition coefficient (Wildman–Crippen LogP) is 4.52. The highest BCUT2D eigenvalue weighted by Gasteiger charge is 2.22. The fourth-order valence-corrected chi connectivity index (χ4v) is 2.86. The van der Waals surface area contributed by atoms with Crippen molar-refractivity contribution in [1.29, 1.82) is 0 Å². The third kappa shape index (κ3) is 4.07. The first-order valence-electron chi connectivity index (χ1n) is 8.33. The van der Waals surface area contributed by atoms with Crippen LogP contribution in [0.4, 0.5) is 11.4 Å². The first kappa shape index (κ1) is 16.8. The van der Waals surface area contributed by atoms with Crippen LogP contribution in [0.5, 0.6) is 0 Å². The fraction of sp³-hybridized carbons (Fsp3) is 0.136. The summed E-state index contributed by atoms with van der Waals surface area (Å²) in [6.45, 7) is 0. The van der Waals surface area contributed by atoms with Gasteiger partial charge in [0.15, 0.2) is 0 Å². The fourth-order valence-electron chi connectivity index (χ4n) is 2.86. The van der Waals surface area contributed by atoms with E-state index in [9.17, 15) is 4.79 Å². The Morgan fingerprint density at radius 2 is 1.36 bits per heavy atom. The lowest BCUT2D eigenvalue weighted by Crippen LogP contribution is -2.22. The van der Waals surface area contributed by atoms with Gasteiger partial charge >= 0.3 is 0 Å². The minimum atomic E-state index is -0.342. The van der Waals surface area contributed by atoms with Gasteiger partial charge < -0.3 is 10.2 Å². The van der Waals surface area contributed by atoms with Crippen LogP contribution in [-0.2, 0) is 4.79 Å². The van der Waals surface area contributed by atoms with Gasteiger partial charge in [0.2, 0.25) is 5.91 Å². The molecule has 1 N–H and O–H groups in total. The summed E-state index contributed by atoms with van der Waals surface area (Å²) in [5, 5.41) is 3.07. The van der Waals surface area contributed by atoms with Crippen LogP contribution in [0.2, 0.25) is 0 Å². The summed E-state index contributed by atoms with van der Waals surface area (Å²) in [7, 11) is 3.97. The van der Waals surface area contributed by atoms with E-state index in [1.165, 1.54) is 0 Å². The highest BCUT2D eigenvalue weighted by Crippen LogP contribution is 2.27. The molecular weight excluding hydrogens is 308 g/mol. The minimum Gasteiger partial charge on any atom is -0.378 e. The molecule has 3 rings (SSSR count). The number of nitrogens with one attached hydrogen (secondary N) is 1. The standard InChI is InChI=1S/C22H22N2O/c1-24(2)20-15-9-14-19(16-20)23-22(25)21(17-10-5-3-6-11-17)18-12-7-4-8-13-18/h3-16,21H,1-2H3,(H,23,25). The first-order chi connectivity index (χ1) is 12.1. The zero-order valence-corrected chi connectivity index (χ0v) is 14.5. The number of anilines is 2. The van der Waals surface area contributed by atoms with E-state index in [0.717, 1.165) is 22.5 Å². The van der Waals surface area contributed by atoms with Crippen LogP contribution in [0.15, 0.2) is 84.9 Å². The van der Waals surface area contributed by atoms with Crippen molar-refractivity contribution in [3.05, 3.63) is 96.1 Å². The van der Waals surface area contributed by atoms with Gasteiger partial charge in [-0.15, -0.1) is 0 Å². The normalized spacial score (nSPS) is 10.5. The molecular formula is C22H22N2O. The molecule has 3 heteroatoms. The van der Waals surface area contributed by atoms with Gasteiger partial charge in [0.05, 0.1) is 5.92 Å². The first-order valence-corrected chi connectivity index (χ1v) is 8.33. The summed E-state index contributed by atoms with van der Waals surface area (Å²) in [6, 6.07) is 27.6. The molecule has 0 unspecified atom stereocenters. The van der Waals surface area contributed by atoms with Crippen LogP contribution < -0.4 is 10.2 Å². The number of carbonyl (C=O) groups is 1. The Labute approximate surface area is 148 Å². The molecule has 0 aliphatic carbocycles. The van der Waals surface area contributed by atoms with Gasteiger partial charge in [0.25, 0.3) is 0 Å². The highest BCUT2D eigenvalue weighted by atomic mass is 16.1. The molecule has 0 spiro atoms. The molecule has 3 aromatic carbocycles. The van der Waals surface area contributed by atoms with Gasteiger partial charge in [-0.25, -0.2) is 0 Å². The maximum Gasteiger partial charge on any atom is 0.236 e. The van der Waals surface area contributed by atoms with E-state index in [4.69, 9.17) is 0 Å². The maximum absolute atomic E-state index is 13.1. The van der Waals surface area contributed by atoms with Crippen molar-refractivity contribution in [1.82, 2.24) is 0 Å². The van der Waals surface area contributed by atoms with Crippen LogP contribution in [0.3, 0.4) is 0 Å². The number of carbonyl (C=O) groups excluding carboxylic acids is 1. The summed E-state index contributed by atoms with van der Waals surface area (Å²) in [5.74, 6) is -0.376. The second-order valence-corrected chi connectivity index (χ2v) is 6.19. The molecule has 0 fully saturated rings. The van der Waals surface area contributed by atoms with E-state index in [-0.39, 0.29) is 11.8 Å². The molecule has 3 nitrogen and oxygen atoms in total. The number of rotatable bonds is 5. The zero-order valence-electron chi connectivity index (χ0n) is 14.5. The maximum atomic E-state index is 13.1. The summed E-state index contributed by atoms with van der Waals surface area (Å²) < 4.78 is 0. The Morgan fingerprint density at radius 3 is 1.88 bits per heavy atom. The van der Waals surface area contributed by atoms with Crippen LogP contribution in [0.25, 0.3) is 0 Å². The van der Waals surface area contributed by atoms with Crippen molar-refractivity contribution >= 4 is 17.3 Å². The van der Waals surface area contributed by atoms with Crippen LogP contribution in [0, 0.1) is 0 Å². The topological polar surface area (TPSA) is 32.3 Å². The Bertz CT molecular complexity index is 789. The van der Waals surface area contributed by atoms with Crippen molar-refractivity contribution in [2.24, 2.45) is 0 Å². The summed E-state index contributed by atoms with van der Waals surface area (Å²) in [4.78, 5) is 15.1. The SMILES string of the molecule is CN(C)c1cccc(NC(=O)C(c2ccccc2)c2ccccc2)c1. The molecule has 0 aliphatic heterocycles. The molecule has 0 radical (unpaired) electrons.